The molecule has 2 aromatic carbocycles. The van der Waals surface area contributed by atoms with Gasteiger partial charge in [-0.25, -0.2) is 0 Å². The molecule has 0 aliphatic heterocycles. The standard InChI is InChI=1S/C20H22I4N2O3S/c21-14-10-13(11-15(22)19(14)29-6-2-5-26-4-1-3-25)30-20-16(23)7-12(8-17(20)24)9-18(27)28/h7-8,10-11,26H,1-6,9,25H2,(H,27,28). The van der Waals surface area contributed by atoms with E-state index < -0.39 is 5.97 Å². The number of aliphatic carboxylic acids is 1. The number of carbonyl (C=O) groups is 1. The van der Waals surface area contributed by atoms with Crippen molar-refractivity contribution in [3.63, 3.8) is 0 Å². The summed E-state index contributed by atoms with van der Waals surface area (Å²) in [5, 5.41) is 12.4. The van der Waals surface area contributed by atoms with E-state index in [1.807, 2.05) is 12.1 Å². The first-order chi connectivity index (χ1) is 14.3. The lowest BCUT2D eigenvalue weighted by Crippen LogP contribution is -2.21. The molecule has 0 spiro atoms. The van der Waals surface area contributed by atoms with Crippen LogP contribution in [0.25, 0.3) is 0 Å². The molecule has 30 heavy (non-hydrogen) atoms. The molecule has 0 unspecified atom stereocenters. The molecule has 0 saturated carbocycles. The molecule has 0 saturated heterocycles. The Morgan fingerprint density at radius 1 is 1.00 bits per heavy atom. The van der Waals surface area contributed by atoms with E-state index in [1.54, 1.807) is 11.8 Å². The van der Waals surface area contributed by atoms with Crippen molar-refractivity contribution >= 4 is 108 Å². The van der Waals surface area contributed by atoms with E-state index in [4.69, 9.17) is 15.6 Å². The van der Waals surface area contributed by atoms with Crippen LogP contribution in [-0.2, 0) is 11.2 Å². The largest absolute Gasteiger partial charge is 0.491 e. The molecule has 0 aromatic heterocycles. The Bertz CT molecular complexity index is 837. The van der Waals surface area contributed by atoms with Crippen molar-refractivity contribution in [3.8, 4) is 5.75 Å². The maximum absolute atomic E-state index is 11.0. The number of carboxylic acids is 1. The zero-order valence-corrected chi connectivity index (χ0v) is 25.5. The van der Waals surface area contributed by atoms with Gasteiger partial charge in [-0.1, -0.05) is 11.8 Å². The van der Waals surface area contributed by atoms with Crippen LogP contribution in [0.15, 0.2) is 34.1 Å². The van der Waals surface area contributed by atoms with E-state index >= 15 is 0 Å². The summed E-state index contributed by atoms with van der Waals surface area (Å²) in [6.07, 6.45) is 1.99. The van der Waals surface area contributed by atoms with Gasteiger partial charge in [0.1, 0.15) is 5.75 Å². The van der Waals surface area contributed by atoms with Gasteiger partial charge in [-0.2, -0.15) is 0 Å². The Balaban J connectivity index is 2.02. The van der Waals surface area contributed by atoms with E-state index in [0.29, 0.717) is 6.61 Å². The number of ether oxygens (including phenoxy) is 1. The number of hydrogen-bond donors (Lipinski definition) is 3. The number of hydrogen-bond acceptors (Lipinski definition) is 5. The zero-order valence-electron chi connectivity index (χ0n) is 16.0. The predicted molar refractivity (Wildman–Crippen MR) is 156 cm³/mol. The highest BCUT2D eigenvalue weighted by Gasteiger charge is 2.14. The second kappa shape index (κ2) is 14.2. The van der Waals surface area contributed by atoms with Gasteiger partial charge in [0.25, 0.3) is 0 Å². The lowest BCUT2D eigenvalue weighted by atomic mass is 10.2. The highest BCUT2D eigenvalue weighted by atomic mass is 127. The van der Waals surface area contributed by atoms with Gasteiger partial charge in [-0.3, -0.25) is 4.79 Å². The molecule has 2 rings (SSSR count). The molecule has 5 nitrogen and oxygen atoms in total. The second-order valence-corrected chi connectivity index (χ2v) is 12.1. The fourth-order valence-corrected chi connectivity index (χ4v) is 8.52. The molecule has 0 atom stereocenters. The van der Waals surface area contributed by atoms with Crippen molar-refractivity contribution < 1.29 is 14.6 Å². The van der Waals surface area contributed by atoms with Gasteiger partial charge in [0.05, 0.1) is 20.2 Å². The van der Waals surface area contributed by atoms with Gasteiger partial charge in [0.15, 0.2) is 0 Å². The third kappa shape index (κ3) is 9.03. The SMILES string of the molecule is NCCCNCCCOc1c(I)cc(Sc2c(I)cc(CC(=O)O)cc2I)cc1I. The first-order valence-corrected chi connectivity index (χ1v) is 14.3. The van der Waals surface area contributed by atoms with Crippen molar-refractivity contribution in [2.45, 2.75) is 29.1 Å². The van der Waals surface area contributed by atoms with E-state index in [1.165, 1.54) is 0 Å². The van der Waals surface area contributed by atoms with Gasteiger partial charge in [-0.15, -0.1) is 0 Å². The van der Waals surface area contributed by atoms with Gasteiger partial charge in [0.2, 0.25) is 0 Å². The maximum Gasteiger partial charge on any atom is 0.307 e. The molecule has 2 aromatic rings. The van der Waals surface area contributed by atoms with Gasteiger partial charge in [0, 0.05) is 16.9 Å². The van der Waals surface area contributed by atoms with Crippen molar-refractivity contribution in [1.82, 2.24) is 5.32 Å². The van der Waals surface area contributed by atoms with Crippen LogP contribution in [0.4, 0.5) is 0 Å². The molecule has 0 heterocycles. The smallest absolute Gasteiger partial charge is 0.307 e. The zero-order chi connectivity index (χ0) is 22.1. The quantitative estimate of drug-likeness (QED) is 0.191. The molecular weight excluding hydrogens is 856 g/mol. The molecule has 0 amide bonds. The minimum atomic E-state index is -0.812. The topological polar surface area (TPSA) is 84.6 Å². The molecule has 164 valence electrons. The van der Waals surface area contributed by atoms with E-state index in [2.05, 4.69) is 108 Å². The van der Waals surface area contributed by atoms with Crippen molar-refractivity contribution in [1.29, 1.82) is 0 Å². The average molecular weight is 878 g/mol. The Morgan fingerprint density at radius 2 is 1.60 bits per heavy atom. The van der Waals surface area contributed by atoms with Gasteiger partial charge in [-0.05, 0) is 153 Å². The number of benzene rings is 2. The van der Waals surface area contributed by atoms with Crippen LogP contribution in [-0.4, -0.2) is 37.3 Å². The summed E-state index contributed by atoms with van der Waals surface area (Å²) in [4.78, 5) is 13.3. The third-order valence-electron chi connectivity index (χ3n) is 3.91. The second-order valence-electron chi connectivity index (χ2n) is 6.37. The number of nitrogens with two attached hydrogens (primary N) is 1. The van der Waals surface area contributed by atoms with Crippen LogP contribution in [0, 0.1) is 14.3 Å². The lowest BCUT2D eigenvalue weighted by Gasteiger charge is -2.14. The van der Waals surface area contributed by atoms with Crippen LogP contribution >= 0.6 is 102 Å². The number of halogens is 4. The van der Waals surface area contributed by atoms with Gasteiger partial charge < -0.3 is 20.9 Å². The summed E-state index contributed by atoms with van der Waals surface area (Å²) >= 11 is 10.9. The fourth-order valence-electron chi connectivity index (χ4n) is 2.56. The van der Waals surface area contributed by atoms with Crippen LogP contribution in [0.5, 0.6) is 5.75 Å². The highest BCUT2D eigenvalue weighted by Crippen LogP contribution is 2.39. The van der Waals surface area contributed by atoms with Gasteiger partial charge >= 0.3 is 5.97 Å². The number of rotatable bonds is 12. The van der Waals surface area contributed by atoms with Crippen LogP contribution < -0.4 is 15.8 Å². The van der Waals surface area contributed by atoms with Crippen LogP contribution in [0.2, 0.25) is 0 Å². The minimum absolute atomic E-state index is 0.0430. The summed E-state index contributed by atoms with van der Waals surface area (Å²) in [6, 6.07) is 8.18. The lowest BCUT2D eigenvalue weighted by molar-refractivity contribution is -0.136. The van der Waals surface area contributed by atoms with E-state index in [0.717, 1.165) is 67.9 Å². The van der Waals surface area contributed by atoms with Crippen molar-refractivity contribution in [2.24, 2.45) is 5.73 Å². The summed E-state index contributed by atoms with van der Waals surface area (Å²) in [5.74, 6) is 0.122. The van der Waals surface area contributed by atoms with E-state index in [-0.39, 0.29) is 6.42 Å². The molecule has 0 aliphatic rings. The molecule has 4 N–H and O–H groups in total. The van der Waals surface area contributed by atoms with Crippen molar-refractivity contribution in [3.05, 3.63) is 44.1 Å². The minimum Gasteiger partial charge on any atom is -0.491 e. The molecule has 0 aliphatic carbocycles. The first-order valence-electron chi connectivity index (χ1n) is 9.22. The molecular formula is C20H22I4N2O3S. The Morgan fingerprint density at radius 3 is 2.17 bits per heavy atom. The Hall–Kier alpha value is 0.900. The molecule has 10 heteroatoms. The normalized spacial score (nSPS) is 11.0. The molecule has 0 fully saturated rings. The molecule has 0 radical (unpaired) electrons. The van der Waals surface area contributed by atoms with E-state index in [9.17, 15) is 4.79 Å². The van der Waals surface area contributed by atoms with Crippen LogP contribution in [0.3, 0.4) is 0 Å². The predicted octanol–water partition coefficient (Wildman–Crippen LogP) is 5.59. The van der Waals surface area contributed by atoms with Crippen LogP contribution in [0.1, 0.15) is 18.4 Å². The summed E-state index contributed by atoms with van der Waals surface area (Å²) in [5.41, 5.74) is 6.31. The fraction of sp³-hybridized carbons (Fsp3) is 0.350. The third-order valence-corrected chi connectivity index (χ3v) is 9.06. The van der Waals surface area contributed by atoms with Crippen molar-refractivity contribution in [2.75, 3.05) is 26.2 Å². The maximum atomic E-state index is 11.0. The monoisotopic (exact) mass is 878 g/mol. The number of carboxylic acid groups (broad SMARTS) is 1. The summed E-state index contributed by atoms with van der Waals surface area (Å²) in [7, 11) is 0. The summed E-state index contributed by atoms with van der Waals surface area (Å²) < 4.78 is 10.3. The Kier molecular flexibility index (Phi) is 12.9. The first kappa shape index (κ1) is 27.1. The summed E-state index contributed by atoms with van der Waals surface area (Å²) in [6.45, 7) is 3.27. The highest BCUT2D eigenvalue weighted by molar-refractivity contribution is 14.1. The number of nitrogens with one attached hydrogen (secondary N) is 1. The Labute approximate surface area is 236 Å². The average Bonchev–Trinajstić information content (AvgIpc) is 2.65. The molecule has 0 bridgehead atoms.